The Morgan fingerprint density at radius 3 is 2.34 bits per heavy atom. The summed E-state index contributed by atoms with van der Waals surface area (Å²) in [6.07, 6.45) is 2.27. The number of epoxide rings is 1. The Hall–Kier alpha value is -4.58. The lowest BCUT2D eigenvalue weighted by molar-refractivity contribution is -0.157. The van der Waals surface area contributed by atoms with Crippen LogP contribution in [0, 0.1) is 16.7 Å². The number of amides is 3. The van der Waals surface area contributed by atoms with Gasteiger partial charge in [-0.3, -0.25) is 14.4 Å². The van der Waals surface area contributed by atoms with Crippen molar-refractivity contribution in [1.29, 1.82) is 0 Å². The third-order valence-electron chi connectivity index (χ3n) is 9.88. The standard InChI is InChI=1S/C39H51ClN6O7/c1-22(33-34(53-33)26-15-12-24(13-16-26)21-42-46-41)30-10-9-11-32(47)44-28(19-25-14-17-31(51-8)27(40)18-25)35(48)43-23(2)39(6,7)37(50)45-29(36(49)52-30)20-38(3,4)5/h9,11-18,22-23,28-30,33-34H,10,19-21H2,1-8H3,(H,43,48)(H,44,47)(H,45,50)/b11-9+/t22?,23?,28-,29+,30+,33-,34-/m1/s1. The molecule has 7 atom stereocenters. The zero-order chi connectivity index (χ0) is 39.1. The molecule has 14 heteroatoms. The number of benzene rings is 2. The van der Waals surface area contributed by atoms with Crippen LogP contribution >= 0.6 is 11.6 Å². The quantitative estimate of drug-likeness (QED) is 0.0885. The first-order valence-corrected chi connectivity index (χ1v) is 18.2. The van der Waals surface area contributed by atoms with Gasteiger partial charge >= 0.3 is 5.97 Å². The monoisotopic (exact) mass is 750 g/mol. The lowest BCUT2D eigenvalue weighted by atomic mass is 9.82. The predicted octanol–water partition coefficient (Wildman–Crippen LogP) is 6.29. The van der Waals surface area contributed by atoms with E-state index in [1.807, 2.05) is 52.0 Å². The van der Waals surface area contributed by atoms with E-state index in [-0.39, 0.29) is 42.9 Å². The molecule has 0 aromatic heterocycles. The molecule has 1 saturated heterocycles. The van der Waals surface area contributed by atoms with E-state index in [1.54, 1.807) is 45.0 Å². The zero-order valence-corrected chi connectivity index (χ0v) is 32.4. The van der Waals surface area contributed by atoms with Crippen LogP contribution in [0.3, 0.4) is 0 Å². The van der Waals surface area contributed by atoms with Gasteiger partial charge in [-0.1, -0.05) is 80.8 Å². The van der Waals surface area contributed by atoms with Crippen LogP contribution in [0.4, 0.5) is 0 Å². The second-order valence-electron chi connectivity index (χ2n) is 15.6. The molecule has 0 saturated carbocycles. The van der Waals surface area contributed by atoms with Crippen LogP contribution in [0.15, 0.2) is 59.7 Å². The minimum Gasteiger partial charge on any atom is -0.495 e. The van der Waals surface area contributed by atoms with Gasteiger partial charge in [0.15, 0.2) is 0 Å². The van der Waals surface area contributed by atoms with Gasteiger partial charge in [-0.05, 0) is 73.0 Å². The van der Waals surface area contributed by atoms with E-state index >= 15 is 0 Å². The summed E-state index contributed by atoms with van der Waals surface area (Å²) in [5.41, 5.74) is 9.59. The number of hydrogen-bond donors (Lipinski definition) is 3. The number of methoxy groups -OCH3 is 1. The first-order valence-electron chi connectivity index (χ1n) is 17.8. The van der Waals surface area contributed by atoms with Crippen LogP contribution in [0.5, 0.6) is 5.75 Å². The van der Waals surface area contributed by atoms with Gasteiger partial charge < -0.3 is 30.2 Å². The smallest absolute Gasteiger partial charge is 0.328 e. The molecule has 3 N–H and O–H groups in total. The summed E-state index contributed by atoms with van der Waals surface area (Å²) in [4.78, 5) is 57.8. The van der Waals surface area contributed by atoms with E-state index in [2.05, 4.69) is 26.0 Å². The third-order valence-corrected chi connectivity index (χ3v) is 10.2. The lowest BCUT2D eigenvalue weighted by Gasteiger charge is -2.35. The van der Waals surface area contributed by atoms with Crippen molar-refractivity contribution in [2.24, 2.45) is 21.9 Å². The summed E-state index contributed by atoms with van der Waals surface area (Å²) in [6, 6.07) is 10.0. The summed E-state index contributed by atoms with van der Waals surface area (Å²) >= 11 is 6.36. The highest BCUT2D eigenvalue weighted by Crippen LogP contribution is 2.45. The summed E-state index contributed by atoms with van der Waals surface area (Å²) in [5, 5.41) is 12.6. The first kappa shape index (κ1) is 41.2. The van der Waals surface area contributed by atoms with Gasteiger partial charge in [-0.25, -0.2) is 4.79 Å². The molecule has 2 unspecified atom stereocenters. The van der Waals surface area contributed by atoms with E-state index in [9.17, 15) is 19.2 Å². The van der Waals surface area contributed by atoms with Crippen molar-refractivity contribution in [2.75, 3.05) is 7.11 Å². The molecule has 2 aliphatic heterocycles. The maximum atomic E-state index is 14.0. The maximum Gasteiger partial charge on any atom is 0.328 e. The number of esters is 1. The average Bonchev–Trinajstić information content (AvgIpc) is 3.89. The van der Waals surface area contributed by atoms with Crippen molar-refractivity contribution in [3.05, 3.63) is 86.8 Å². The summed E-state index contributed by atoms with van der Waals surface area (Å²) < 4.78 is 17.5. The fourth-order valence-electron chi connectivity index (χ4n) is 6.18. The van der Waals surface area contributed by atoms with Gasteiger partial charge in [-0.15, -0.1) is 0 Å². The highest BCUT2D eigenvalue weighted by atomic mass is 35.5. The summed E-state index contributed by atoms with van der Waals surface area (Å²) in [6.45, 7) is 13.2. The van der Waals surface area contributed by atoms with E-state index in [0.29, 0.717) is 22.8 Å². The van der Waals surface area contributed by atoms with Crippen molar-refractivity contribution < 1.29 is 33.4 Å². The number of nitrogens with one attached hydrogen (secondary N) is 3. The Morgan fingerprint density at radius 2 is 1.72 bits per heavy atom. The summed E-state index contributed by atoms with van der Waals surface area (Å²) in [5.74, 6) is -1.88. The van der Waals surface area contributed by atoms with Gasteiger partial charge in [-0.2, -0.15) is 0 Å². The lowest BCUT2D eigenvalue weighted by Crippen LogP contribution is -2.58. The van der Waals surface area contributed by atoms with Crippen molar-refractivity contribution >= 4 is 35.3 Å². The van der Waals surface area contributed by atoms with Crippen molar-refractivity contribution in [1.82, 2.24) is 16.0 Å². The minimum atomic E-state index is -1.17. The summed E-state index contributed by atoms with van der Waals surface area (Å²) in [7, 11) is 1.50. The van der Waals surface area contributed by atoms with Crippen LogP contribution in [0.25, 0.3) is 10.4 Å². The largest absolute Gasteiger partial charge is 0.495 e. The Bertz CT molecular complexity index is 1730. The molecule has 53 heavy (non-hydrogen) atoms. The van der Waals surface area contributed by atoms with E-state index in [4.69, 9.17) is 31.3 Å². The molecule has 286 valence electrons. The molecule has 4 rings (SSSR count). The average molecular weight is 751 g/mol. The molecule has 2 aromatic carbocycles. The van der Waals surface area contributed by atoms with Crippen LogP contribution < -0.4 is 20.7 Å². The number of carbonyl (C=O) groups is 4. The van der Waals surface area contributed by atoms with Gasteiger partial charge in [0.1, 0.15) is 30.0 Å². The van der Waals surface area contributed by atoms with E-state index in [0.717, 1.165) is 11.1 Å². The van der Waals surface area contributed by atoms with Crippen LogP contribution in [-0.4, -0.2) is 61.1 Å². The molecule has 0 radical (unpaired) electrons. The topological polar surface area (TPSA) is 184 Å². The Labute approximate surface area is 316 Å². The number of cyclic esters (lactones) is 1. The van der Waals surface area contributed by atoms with Crippen molar-refractivity contribution in [2.45, 2.75) is 111 Å². The molecular weight excluding hydrogens is 700 g/mol. The molecular formula is C39H51ClN6O7. The molecule has 0 spiro atoms. The molecule has 3 amide bonds. The Balaban J connectivity index is 1.64. The number of rotatable bonds is 9. The molecule has 1 fully saturated rings. The second kappa shape index (κ2) is 17.5. The number of halogens is 1. The Kier molecular flexibility index (Phi) is 13.6. The predicted molar refractivity (Wildman–Crippen MR) is 201 cm³/mol. The number of hydrogen-bond acceptors (Lipinski definition) is 8. The van der Waals surface area contributed by atoms with Gasteiger partial charge in [0.05, 0.1) is 30.2 Å². The number of azide groups is 1. The van der Waals surface area contributed by atoms with Crippen LogP contribution in [-0.2, 0) is 41.6 Å². The fourth-order valence-corrected chi connectivity index (χ4v) is 6.46. The first-order chi connectivity index (χ1) is 24.9. The third kappa shape index (κ3) is 11.2. The van der Waals surface area contributed by atoms with Crippen LogP contribution in [0.2, 0.25) is 5.02 Å². The SMILES string of the molecule is COc1ccc(C[C@H]2NC(=O)/C=C/C[C@@H](C(C)[C@H]3O[C@@H]3c3ccc(CN=[N+]=[N-])cc3)OC(=O)[C@H](CC(C)(C)C)NC(=O)C(C)(C)C(C)NC2=O)cc1Cl. The van der Waals surface area contributed by atoms with E-state index in [1.165, 1.54) is 13.2 Å². The van der Waals surface area contributed by atoms with Gasteiger partial charge in [0.2, 0.25) is 17.7 Å². The fraction of sp³-hybridized carbons (Fsp3) is 0.538. The van der Waals surface area contributed by atoms with Crippen molar-refractivity contribution in [3.63, 3.8) is 0 Å². The Morgan fingerprint density at radius 1 is 1.04 bits per heavy atom. The van der Waals surface area contributed by atoms with Crippen molar-refractivity contribution in [3.8, 4) is 5.75 Å². The highest BCUT2D eigenvalue weighted by molar-refractivity contribution is 6.32. The molecule has 2 aromatic rings. The molecule has 13 nitrogen and oxygen atoms in total. The molecule has 2 heterocycles. The maximum absolute atomic E-state index is 14.0. The minimum absolute atomic E-state index is 0.117. The molecule has 2 aliphatic rings. The second-order valence-corrected chi connectivity index (χ2v) is 16.0. The van der Waals surface area contributed by atoms with E-state index < -0.39 is 53.3 Å². The zero-order valence-electron chi connectivity index (χ0n) is 31.6. The number of ether oxygens (including phenoxy) is 3. The molecule has 0 bridgehead atoms. The number of carbonyl (C=O) groups excluding carboxylic acids is 4. The number of nitrogens with zero attached hydrogens (tertiary/aromatic N) is 3. The van der Waals surface area contributed by atoms with Gasteiger partial charge in [0.25, 0.3) is 0 Å². The van der Waals surface area contributed by atoms with Crippen LogP contribution in [0.1, 0.15) is 84.1 Å². The van der Waals surface area contributed by atoms with Gasteiger partial charge in [0, 0.05) is 29.7 Å². The highest BCUT2D eigenvalue weighted by Gasteiger charge is 2.48. The normalized spacial score (nSPS) is 26.5. The molecule has 0 aliphatic carbocycles.